The van der Waals surface area contributed by atoms with Crippen LogP contribution in [-0.2, 0) is 9.59 Å². The molecule has 3 aromatic carbocycles. The molecule has 0 atom stereocenters. The van der Waals surface area contributed by atoms with Gasteiger partial charge in [0.25, 0.3) is 0 Å². The van der Waals surface area contributed by atoms with Crippen molar-refractivity contribution in [3.63, 3.8) is 0 Å². The van der Waals surface area contributed by atoms with Crippen LogP contribution in [0, 0.1) is 0 Å². The number of hydrogen-bond acceptors (Lipinski definition) is 3. The fourth-order valence-electron chi connectivity index (χ4n) is 3.68. The number of amides is 1. The third-order valence-corrected chi connectivity index (χ3v) is 9.98. The van der Waals surface area contributed by atoms with E-state index in [1.807, 2.05) is 0 Å². The van der Waals surface area contributed by atoms with E-state index in [1.165, 1.54) is 15.9 Å². The van der Waals surface area contributed by atoms with Crippen molar-refractivity contribution in [3.05, 3.63) is 91.0 Å². The number of halogens is 3. The molecular formula is C27H31F3N2O3P+. The smallest absolute Gasteiger partial charge is 0.475 e. The highest BCUT2D eigenvalue weighted by Gasteiger charge is 2.44. The topological polar surface area (TPSA) is 69.6 Å². The lowest BCUT2D eigenvalue weighted by Gasteiger charge is -2.27. The molecule has 2 N–H and O–H groups in total. The average Bonchev–Trinajstić information content (AvgIpc) is 2.87. The van der Waals surface area contributed by atoms with E-state index in [2.05, 4.69) is 96.3 Å². The molecule has 0 spiro atoms. The zero-order chi connectivity index (χ0) is 26.6. The van der Waals surface area contributed by atoms with Crippen LogP contribution >= 0.6 is 7.26 Å². The molecule has 36 heavy (non-hydrogen) atoms. The molecule has 0 aliphatic heterocycles. The number of nitrogens with one attached hydrogen (secondary N) is 1. The summed E-state index contributed by atoms with van der Waals surface area (Å²) in [4.78, 5) is 22.4. The Labute approximate surface area is 210 Å². The molecule has 192 valence electrons. The minimum Gasteiger partial charge on any atom is -0.475 e. The van der Waals surface area contributed by atoms with E-state index < -0.39 is 19.4 Å². The van der Waals surface area contributed by atoms with Crippen LogP contribution < -0.4 is 21.2 Å². The predicted molar refractivity (Wildman–Crippen MR) is 140 cm³/mol. The third-order valence-electron chi connectivity index (χ3n) is 5.46. The zero-order valence-corrected chi connectivity index (χ0v) is 21.2. The predicted octanol–water partition coefficient (Wildman–Crippen LogP) is 3.68. The second-order valence-corrected chi connectivity index (χ2v) is 11.8. The van der Waals surface area contributed by atoms with Gasteiger partial charge in [0.2, 0.25) is 5.91 Å². The average molecular weight is 520 g/mol. The lowest BCUT2D eigenvalue weighted by Crippen LogP contribution is -2.36. The summed E-state index contributed by atoms with van der Waals surface area (Å²) in [6, 6.07) is 32.8. The minimum atomic E-state index is -5.08. The Morgan fingerprint density at radius 1 is 0.806 bits per heavy atom. The molecule has 0 radical (unpaired) electrons. The Hall–Kier alpha value is -3.22. The number of aliphatic carboxylic acids is 1. The first-order valence-corrected chi connectivity index (χ1v) is 13.3. The van der Waals surface area contributed by atoms with Crippen molar-refractivity contribution in [2.45, 2.75) is 12.6 Å². The van der Waals surface area contributed by atoms with Crippen LogP contribution in [-0.4, -0.2) is 61.4 Å². The Kier molecular flexibility index (Phi) is 11.1. The number of nitrogens with zero attached hydrogens (tertiary/aromatic N) is 1. The van der Waals surface area contributed by atoms with Gasteiger partial charge in [0.05, 0.1) is 12.7 Å². The van der Waals surface area contributed by atoms with Crippen LogP contribution in [0.3, 0.4) is 0 Å². The molecule has 0 aliphatic carbocycles. The highest BCUT2D eigenvalue weighted by molar-refractivity contribution is 7.95. The summed E-state index contributed by atoms with van der Waals surface area (Å²) in [6.07, 6.45) is -3.01. The van der Waals surface area contributed by atoms with Crippen molar-refractivity contribution in [2.75, 3.05) is 33.3 Å². The molecule has 0 heterocycles. The number of hydrogen-bond donors (Lipinski definition) is 2. The number of benzene rings is 3. The van der Waals surface area contributed by atoms with Crippen molar-refractivity contribution < 1.29 is 27.9 Å². The maximum Gasteiger partial charge on any atom is 0.490 e. The molecule has 9 heteroatoms. The molecule has 0 unspecified atom stereocenters. The third kappa shape index (κ3) is 8.18. The van der Waals surface area contributed by atoms with Gasteiger partial charge in [-0.15, -0.1) is 0 Å². The molecule has 0 saturated heterocycles. The van der Waals surface area contributed by atoms with Gasteiger partial charge in [0.1, 0.15) is 23.2 Å². The van der Waals surface area contributed by atoms with Gasteiger partial charge in [-0.25, -0.2) is 4.79 Å². The van der Waals surface area contributed by atoms with E-state index in [-0.39, 0.29) is 5.91 Å². The van der Waals surface area contributed by atoms with Crippen LogP contribution in [0.25, 0.3) is 0 Å². The van der Waals surface area contributed by atoms with Gasteiger partial charge in [-0.3, -0.25) is 4.79 Å². The Morgan fingerprint density at radius 3 is 1.47 bits per heavy atom. The van der Waals surface area contributed by atoms with Crippen molar-refractivity contribution in [1.29, 1.82) is 0 Å². The van der Waals surface area contributed by atoms with E-state index in [0.717, 1.165) is 19.1 Å². The van der Waals surface area contributed by atoms with Gasteiger partial charge < -0.3 is 15.3 Å². The van der Waals surface area contributed by atoms with Gasteiger partial charge in [-0.05, 0) is 49.4 Å². The fraction of sp³-hybridized carbons (Fsp3) is 0.259. The molecule has 3 aromatic rings. The maximum atomic E-state index is 11.8. The number of likely N-dealkylation sites (N-methyl/N-ethyl adjacent to an activating group) is 1. The fourth-order valence-corrected chi connectivity index (χ4v) is 8.02. The van der Waals surface area contributed by atoms with E-state index >= 15 is 0 Å². The molecule has 0 aliphatic rings. The first-order chi connectivity index (χ1) is 17.1. The van der Waals surface area contributed by atoms with Crippen LogP contribution in [0.2, 0.25) is 0 Å². The Morgan fingerprint density at radius 2 is 1.17 bits per heavy atom. The van der Waals surface area contributed by atoms with Gasteiger partial charge >= 0.3 is 12.1 Å². The normalized spacial score (nSPS) is 11.2. The Bertz CT molecular complexity index is 983. The molecular weight excluding hydrogens is 488 g/mol. The van der Waals surface area contributed by atoms with Gasteiger partial charge in [0, 0.05) is 14.1 Å². The van der Waals surface area contributed by atoms with Gasteiger partial charge in [-0.1, -0.05) is 54.6 Å². The lowest BCUT2D eigenvalue weighted by molar-refractivity contribution is -0.192. The van der Waals surface area contributed by atoms with Gasteiger partial charge in [0.15, 0.2) is 0 Å². The van der Waals surface area contributed by atoms with Crippen molar-refractivity contribution >= 4 is 35.1 Å². The molecule has 5 nitrogen and oxygen atoms in total. The summed E-state index contributed by atoms with van der Waals surface area (Å²) in [5.74, 6) is -2.65. The van der Waals surface area contributed by atoms with E-state index in [0.29, 0.717) is 6.54 Å². The monoisotopic (exact) mass is 519 g/mol. The summed E-state index contributed by atoms with van der Waals surface area (Å²) >= 11 is 0. The Balaban J connectivity index is 0.000000572. The molecule has 0 bridgehead atoms. The molecule has 0 fully saturated rings. The van der Waals surface area contributed by atoms with Crippen molar-refractivity contribution in [1.82, 2.24) is 10.2 Å². The second kappa shape index (κ2) is 13.8. The van der Waals surface area contributed by atoms with E-state index in [9.17, 15) is 18.0 Å². The summed E-state index contributed by atoms with van der Waals surface area (Å²) in [6.45, 7) is 1.22. The van der Waals surface area contributed by atoms with E-state index in [1.54, 1.807) is 19.0 Å². The van der Waals surface area contributed by atoms with Crippen LogP contribution in [0.15, 0.2) is 91.0 Å². The molecule has 0 aromatic heterocycles. The van der Waals surface area contributed by atoms with Crippen molar-refractivity contribution in [3.8, 4) is 0 Å². The number of carbonyl (C=O) groups is 2. The SMILES string of the molecule is CN(C)C(=O)CNCCC[P+](c1ccccc1)(c1ccccc1)c1ccccc1.O=C(O)C(F)(F)F. The summed E-state index contributed by atoms with van der Waals surface area (Å²) < 4.78 is 31.7. The van der Waals surface area contributed by atoms with Gasteiger partial charge in [-0.2, -0.15) is 13.2 Å². The van der Waals surface area contributed by atoms with Crippen LogP contribution in [0.5, 0.6) is 0 Å². The number of rotatable bonds is 9. The summed E-state index contributed by atoms with van der Waals surface area (Å²) in [7, 11) is 1.81. The lowest BCUT2D eigenvalue weighted by atomic mass is 10.3. The quantitative estimate of drug-likeness (QED) is 0.334. The maximum absolute atomic E-state index is 11.8. The van der Waals surface area contributed by atoms with Crippen LogP contribution in [0.1, 0.15) is 6.42 Å². The number of alkyl halides is 3. The summed E-state index contributed by atoms with van der Waals surface area (Å²) in [5.41, 5.74) is 0. The minimum absolute atomic E-state index is 0.111. The second-order valence-electron chi connectivity index (χ2n) is 8.16. The first-order valence-electron chi connectivity index (χ1n) is 11.3. The largest absolute Gasteiger partial charge is 0.490 e. The first kappa shape index (κ1) is 29.0. The summed E-state index contributed by atoms with van der Waals surface area (Å²) in [5, 5.41) is 14.7. The molecule has 3 rings (SSSR count). The number of carboxylic acids is 1. The van der Waals surface area contributed by atoms with E-state index in [4.69, 9.17) is 9.90 Å². The van der Waals surface area contributed by atoms with Crippen LogP contribution in [0.4, 0.5) is 13.2 Å². The number of carbonyl (C=O) groups excluding carboxylic acids is 1. The highest BCUT2D eigenvalue weighted by atomic mass is 31.2. The number of carboxylic acid groups (broad SMARTS) is 1. The molecule has 1 amide bonds. The standard InChI is InChI=1S/C25H30N2OP.C2HF3O2/c1-27(2)25(28)21-26-19-12-20-29(22-13-6-3-7-14-22,23-15-8-4-9-16-23)24-17-10-5-11-18-24;3-2(4,5)1(6)7/h3-11,13-18,26H,12,19-21H2,1-2H3;(H,6,7)/q+1;. The molecule has 0 saturated carbocycles. The van der Waals surface area contributed by atoms with Crippen molar-refractivity contribution in [2.24, 2.45) is 0 Å². The highest BCUT2D eigenvalue weighted by Crippen LogP contribution is 2.55. The zero-order valence-electron chi connectivity index (χ0n) is 20.3.